The Bertz CT molecular complexity index is 1300. The number of hydrogen-bond donors (Lipinski definition) is 5. The van der Waals surface area contributed by atoms with Gasteiger partial charge in [-0.2, -0.15) is 0 Å². The predicted octanol–water partition coefficient (Wildman–Crippen LogP) is 3.52. The molecule has 0 aliphatic rings. The van der Waals surface area contributed by atoms with E-state index in [-0.39, 0.29) is 35.1 Å². The van der Waals surface area contributed by atoms with Crippen LogP contribution in [0.1, 0.15) is 57.2 Å². The van der Waals surface area contributed by atoms with Crippen LogP contribution in [0.2, 0.25) is 0 Å². The van der Waals surface area contributed by atoms with Crippen molar-refractivity contribution in [3.8, 4) is 5.75 Å². The third-order valence-electron chi connectivity index (χ3n) is 7.00. The van der Waals surface area contributed by atoms with E-state index in [2.05, 4.69) is 59.7 Å². The Balaban J connectivity index is 1.95. The van der Waals surface area contributed by atoms with Crippen molar-refractivity contribution in [3.05, 3.63) is 65.0 Å². The minimum Gasteiger partial charge on any atom is -0.489 e. The van der Waals surface area contributed by atoms with Gasteiger partial charge in [0.25, 0.3) is 0 Å². The van der Waals surface area contributed by atoms with E-state index in [4.69, 9.17) is 16.2 Å². The van der Waals surface area contributed by atoms with Crippen molar-refractivity contribution < 1.29 is 18.7 Å². The maximum absolute atomic E-state index is 13.9. The SMILES string of the molecule is CN=C(N)NCc1cc(F)ccc1OCc1ccccc1CCCN(C=O)CC(C)(C)CC(C)(C)CN=C(N)NC(=O)NC. The molecular formula is C32H49FN8O3. The fourth-order valence-electron chi connectivity index (χ4n) is 5.31. The maximum Gasteiger partial charge on any atom is 0.321 e. The summed E-state index contributed by atoms with van der Waals surface area (Å²) < 4.78 is 20.0. The monoisotopic (exact) mass is 612 g/mol. The second-order valence-corrected chi connectivity index (χ2v) is 12.4. The quantitative estimate of drug-likeness (QED) is 0.111. The molecule has 44 heavy (non-hydrogen) atoms. The largest absolute Gasteiger partial charge is 0.489 e. The summed E-state index contributed by atoms with van der Waals surface area (Å²) in [5.41, 5.74) is 14.0. The number of nitrogens with one attached hydrogen (secondary N) is 3. The number of nitrogens with two attached hydrogens (primary N) is 2. The van der Waals surface area contributed by atoms with Gasteiger partial charge in [0.15, 0.2) is 11.9 Å². The summed E-state index contributed by atoms with van der Waals surface area (Å²) in [5, 5.41) is 7.85. The van der Waals surface area contributed by atoms with E-state index in [0.717, 1.165) is 36.8 Å². The van der Waals surface area contributed by atoms with Gasteiger partial charge in [0.2, 0.25) is 6.41 Å². The van der Waals surface area contributed by atoms with Crippen molar-refractivity contribution >= 4 is 24.4 Å². The van der Waals surface area contributed by atoms with E-state index in [1.165, 1.54) is 19.2 Å². The van der Waals surface area contributed by atoms with Crippen molar-refractivity contribution in [1.29, 1.82) is 0 Å². The average Bonchev–Trinajstić information content (AvgIpc) is 2.97. The van der Waals surface area contributed by atoms with Crippen LogP contribution in [-0.2, 0) is 24.4 Å². The number of hydrogen-bond acceptors (Lipinski definition) is 5. The fraction of sp³-hybridized carbons (Fsp3) is 0.500. The number of carbonyl (C=O) groups is 2. The number of halogens is 1. The highest BCUT2D eigenvalue weighted by molar-refractivity contribution is 5.95. The van der Waals surface area contributed by atoms with Crippen LogP contribution in [0.5, 0.6) is 5.75 Å². The molecule has 2 rings (SSSR count). The molecule has 242 valence electrons. The summed E-state index contributed by atoms with van der Waals surface area (Å²) in [6.07, 6.45) is 3.25. The molecule has 3 amide bonds. The zero-order chi connectivity index (χ0) is 32.8. The van der Waals surface area contributed by atoms with Crippen LogP contribution in [0, 0.1) is 16.6 Å². The lowest BCUT2D eigenvalue weighted by Gasteiger charge is -2.37. The zero-order valence-electron chi connectivity index (χ0n) is 26.9. The first kappa shape index (κ1) is 35.8. The Kier molecular flexibility index (Phi) is 13.9. The minimum absolute atomic E-state index is 0.0673. The molecule has 2 aromatic rings. The summed E-state index contributed by atoms with van der Waals surface area (Å²) in [6, 6.07) is 12.0. The van der Waals surface area contributed by atoms with E-state index in [1.54, 1.807) is 13.1 Å². The van der Waals surface area contributed by atoms with Crippen LogP contribution >= 0.6 is 0 Å². The highest BCUT2D eigenvalue weighted by Gasteiger charge is 2.30. The third kappa shape index (κ3) is 12.9. The molecule has 0 radical (unpaired) electrons. The molecular weight excluding hydrogens is 563 g/mol. The molecule has 7 N–H and O–H groups in total. The van der Waals surface area contributed by atoms with E-state index in [9.17, 15) is 14.0 Å². The van der Waals surface area contributed by atoms with Crippen molar-refractivity contribution in [1.82, 2.24) is 20.9 Å². The van der Waals surface area contributed by atoms with Gasteiger partial charge in [-0.1, -0.05) is 52.0 Å². The topological polar surface area (TPSA) is 159 Å². The number of aryl methyl sites for hydroxylation is 1. The maximum atomic E-state index is 13.9. The summed E-state index contributed by atoms with van der Waals surface area (Å²) in [4.78, 5) is 33.5. The van der Waals surface area contributed by atoms with Crippen LogP contribution in [0.25, 0.3) is 0 Å². The Hall–Kier alpha value is -4.35. The standard InChI is InChI=1S/C32H49FN8O3/c1-31(2,20-39-29(35)40-30(43)37-6)19-32(3,4)21-41(22-42)15-9-12-23-10-7-8-11-24(23)18-44-27-14-13-26(33)16-25(27)17-38-28(34)36-5/h7-8,10-11,13-14,16,22H,9,12,15,17-21H2,1-6H3,(H3,34,36,38)(H4,35,37,39,40,43). The van der Waals surface area contributed by atoms with Gasteiger partial charge in [0, 0.05) is 45.8 Å². The first-order valence-electron chi connectivity index (χ1n) is 14.7. The highest BCUT2D eigenvalue weighted by Crippen LogP contribution is 2.34. The molecule has 0 spiro atoms. The van der Waals surface area contributed by atoms with Crippen LogP contribution in [0.4, 0.5) is 9.18 Å². The smallest absolute Gasteiger partial charge is 0.321 e. The molecule has 11 nitrogen and oxygen atoms in total. The van der Waals surface area contributed by atoms with Gasteiger partial charge in [-0.25, -0.2) is 9.18 Å². The Morgan fingerprint density at radius 2 is 1.75 bits per heavy atom. The van der Waals surface area contributed by atoms with Crippen LogP contribution < -0.4 is 32.2 Å². The Morgan fingerprint density at radius 3 is 2.41 bits per heavy atom. The first-order chi connectivity index (χ1) is 20.8. The molecule has 2 aromatic carbocycles. The van der Waals surface area contributed by atoms with Crippen molar-refractivity contribution in [2.75, 3.05) is 33.7 Å². The molecule has 0 aliphatic heterocycles. The van der Waals surface area contributed by atoms with Gasteiger partial charge < -0.3 is 31.7 Å². The lowest BCUT2D eigenvalue weighted by atomic mass is 9.75. The fourth-order valence-corrected chi connectivity index (χ4v) is 5.31. The molecule has 0 atom stereocenters. The van der Waals surface area contributed by atoms with Crippen LogP contribution in [0.15, 0.2) is 52.4 Å². The van der Waals surface area contributed by atoms with Gasteiger partial charge >= 0.3 is 6.03 Å². The lowest BCUT2D eigenvalue weighted by Crippen LogP contribution is -2.42. The molecule has 0 bridgehead atoms. The molecule has 0 fully saturated rings. The van der Waals surface area contributed by atoms with Crippen LogP contribution in [0.3, 0.4) is 0 Å². The molecule has 0 saturated carbocycles. The van der Waals surface area contributed by atoms with Crippen molar-refractivity contribution in [2.24, 2.45) is 32.3 Å². The molecule has 12 heteroatoms. The molecule has 0 unspecified atom stereocenters. The first-order valence-corrected chi connectivity index (χ1v) is 14.7. The number of rotatable bonds is 16. The average molecular weight is 613 g/mol. The summed E-state index contributed by atoms with van der Waals surface area (Å²) >= 11 is 0. The van der Waals surface area contributed by atoms with Crippen molar-refractivity contribution in [2.45, 2.75) is 60.1 Å². The number of carbonyl (C=O) groups excluding carboxylic acids is 2. The molecule has 0 saturated heterocycles. The van der Waals surface area contributed by atoms with Crippen LogP contribution in [-0.4, -0.2) is 63.0 Å². The van der Waals surface area contributed by atoms with E-state index >= 15 is 0 Å². The molecule has 0 aliphatic carbocycles. The number of aliphatic imine (C=N–C) groups is 2. The summed E-state index contributed by atoms with van der Waals surface area (Å²) in [7, 11) is 3.08. The highest BCUT2D eigenvalue weighted by atomic mass is 19.1. The number of urea groups is 1. The molecule has 0 heterocycles. The zero-order valence-corrected chi connectivity index (χ0v) is 26.9. The summed E-state index contributed by atoms with van der Waals surface area (Å²) in [5.74, 6) is 0.526. The van der Waals surface area contributed by atoms with Gasteiger partial charge in [-0.05, 0) is 59.4 Å². The number of amides is 3. The second-order valence-electron chi connectivity index (χ2n) is 12.4. The lowest BCUT2D eigenvalue weighted by molar-refractivity contribution is -0.119. The number of guanidine groups is 2. The van der Waals surface area contributed by atoms with Gasteiger partial charge in [-0.3, -0.25) is 20.1 Å². The normalized spacial score (nSPS) is 12.4. The minimum atomic E-state index is -0.416. The van der Waals surface area contributed by atoms with E-state index in [1.807, 2.05) is 23.1 Å². The van der Waals surface area contributed by atoms with E-state index < -0.39 is 6.03 Å². The summed E-state index contributed by atoms with van der Waals surface area (Å²) in [6.45, 7) is 10.7. The van der Waals surface area contributed by atoms with Gasteiger partial charge in [0.05, 0.1) is 0 Å². The van der Waals surface area contributed by atoms with Crippen molar-refractivity contribution in [3.63, 3.8) is 0 Å². The Labute approximate surface area is 260 Å². The Morgan fingerprint density at radius 1 is 1.05 bits per heavy atom. The second kappa shape index (κ2) is 17.1. The number of ether oxygens (including phenoxy) is 1. The number of benzene rings is 2. The third-order valence-corrected chi connectivity index (χ3v) is 7.00. The van der Waals surface area contributed by atoms with E-state index in [0.29, 0.717) is 37.6 Å². The molecule has 0 aromatic heterocycles. The van der Waals surface area contributed by atoms with Gasteiger partial charge in [0.1, 0.15) is 18.2 Å². The predicted molar refractivity (Wildman–Crippen MR) is 174 cm³/mol. The number of nitrogens with zero attached hydrogens (tertiary/aromatic N) is 3. The van der Waals surface area contributed by atoms with Gasteiger partial charge in [-0.15, -0.1) is 0 Å².